The number of aliphatic hydroxyl groups is 1. The molecule has 0 spiro atoms. The van der Waals surface area contributed by atoms with Crippen LogP contribution >= 0.6 is 0 Å². The maximum absolute atomic E-state index is 12.5. The number of hydrogen-bond acceptors (Lipinski definition) is 7. The Morgan fingerprint density at radius 1 is 1.02 bits per heavy atom. The summed E-state index contributed by atoms with van der Waals surface area (Å²) >= 11 is 0. The lowest BCUT2D eigenvalue weighted by Crippen LogP contribution is -2.23. The third kappa shape index (κ3) is 12.8. The zero-order chi connectivity index (χ0) is 37.3. The van der Waals surface area contributed by atoms with Crippen molar-refractivity contribution in [2.24, 2.45) is 22.2 Å². The van der Waals surface area contributed by atoms with Gasteiger partial charge in [-0.3, -0.25) is 9.56 Å². The zero-order valence-corrected chi connectivity index (χ0v) is 29.7. The predicted octanol–water partition coefficient (Wildman–Crippen LogP) is 4.90. The molecular formula is C36H51F3N8O3. The van der Waals surface area contributed by atoms with Crippen LogP contribution in [0.1, 0.15) is 76.8 Å². The maximum atomic E-state index is 12.5. The number of aromatic nitrogens is 3. The van der Waals surface area contributed by atoms with Crippen LogP contribution < -0.4 is 32.9 Å². The third-order valence-electron chi connectivity index (χ3n) is 7.77. The molecule has 0 aliphatic heterocycles. The number of H-pyrrole nitrogens is 1. The van der Waals surface area contributed by atoms with Crippen molar-refractivity contribution in [3.63, 3.8) is 0 Å². The van der Waals surface area contributed by atoms with E-state index in [1.165, 1.54) is 12.1 Å². The smallest absolute Gasteiger partial charge is 0.406 e. The van der Waals surface area contributed by atoms with E-state index in [4.69, 9.17) is 17.2 Å². The molecule has 0 radical (unpaired) electrons. The molecule has 2 aromatic carbocycles. The highest BCUT2D eigenvalue weighted by atomic mass is 19.4. The number of aryl methyl sites for hydroxylation is 1. The summed E-state index contributed by atoms with van der Waals surface area (Å²) in [5.74, 6) is -0.107. The number of benzene rings is 2. The number of nitrogens with one attached hydrogen (secondary N) is 2. The van der Waals surface area contributed by atoms with Crippen LogP contribution in [0.25, 0.3) is 16.7 Å². The summed E-state index contributed by atoms with van der Waals surface area (Å²) in [6, 6.07) is 14.5. The fraction of sp³-hybridized carbons (Fsp3) is 0.472. The minimum atomic E-state index is -4.72. The lowest BCUT2D eigenvalue weighted by molar-refractivity contribution is -0.274. The number of alkyl halides is 3. The Labute approximate surface area is 291 Å². The monoisotopic (exact) mass is 700 g/mol. The van der Waals surface area contributed by atoms with Crippen LogP contribution in [0.3, 0.4) is 0 Å². The normalized spacial score (nSPS) is 12.7. The highest BCUT2D eigenvalue weighted by molar-refractivity contribution is 5.76. The van der Waals surface area contributed by atoms with E-state index in [9.17, 15) is 23.1 Å². The molecule has 0 aliphatic carbocycles. The Morgan fingerprint density at radius 2 is 1.70 bits per heavy atom. The van der Waals surface area contributed by atoms with Gasteiger partial charge < -0.3 is 37.3 Å². The quantitative estimate of drug-likeness (QED) is 0.0686. The molecule has 14 heteroatoms. The number of nitrogens with two attached hydrogens (primary N) is 3. The number of aromatic amines is 1. The first kappa shape index (κ1) is 40.0. The first-order valence-electron chi connectivity index (χ1n) is 16.5. The molecule has 0 bridgehead atoms. The van der Waals surface area contributed by atoms with Gasteiger partial charge in [0.15, 0.2) is 5.96 Å². The Kier molecular flexibility index (Phi) is 13.6. The topological polar surface area (TPSA) is 183 Å². The van der Waals surface area contributed by atoms with Gasteiger partial charge in [-0.25, -0.2) is 4.79 Å². The molecule has 4 rings (SSSR count). The van der Waals surface area contributed by atoms with Gasteiger partial charge in [0.2, 0.25) is 0 Å². The lowest BCUT2D eigenvalue weighted by atomic mass is 9.85. The molecular weight excluding hydrogens is 649 g/mol. The molecule has 0 amide bonds. The number of halogens is 3. The van der Waals surface area contributed by atoms with E-state index in [1.54, 1.807) is 4.57 Å². The third-order valence-corrected chi connectivity index (χ3v) is 7.77. The first-order valence-corrected chi connectivity index (χ1v) is 16.5. The molecule has 0 aliphatic rings. The van der Waals surface area contributed by atoms with E-state index in [1.807, 2.05) is 57.3 Å². The Bertz CT molecular complexity index is 1770. The van der Waals surface area contributed by atoms with E-state index >= 15 is 0 Å². The number of fused-ring (bicyclic) bond motifs is 1. The van der Waals surface area contributed by atoms with Gasteiger partial charge in [-0.1, -0.05) is 59.7 Å². The average molecular weight is 701 g/mol. The highest BCUT2D eigenvalue weighted by Gasteiger charge is 2.32. The molecule has 0 saturated carbocycles. The van der Waals surface area contributed by atoms with Crippen LogP contribution in [0.2, 0.25) is 0 Å². The van der Waals surface area contributed by atoms with Gasteiger partial charge in [-0.2, -0.15) is 4.98 Å². The van der Waals surface area contributed by atoms with Crippen molar-refractivity contribution < 1.29 is 23.0 Å². The molecule has 0 saturated heterocycles. The van der Waals surface area contributed by atoms with Gasteiger partial charge in [0.05, 0.1) is 11.8 Å². The summed E-state index contributed by atoms with van der Waals surface area (Å²) in [5, 5.41) is 13.7. The summed E-state index contributed by atoms with van der Waals surface area (Å²) in [6.45, 7) is 14.4. The molecule has 9 N–H and O–H groups in total. The molecule has 0 unspecified atom stereocenters. The van der Waals surface area contributed by atoms with Gasteiger partial charge in [0.1, 0.15) is 11.4 Å². The zero-order valence-electron chi connectivity index (χ0n) is 29.7. The van der Waals surface area contributed by atoms with E-state index in [-0.39, 0.29) is 34.8 Å². The van der Waals surface area contributed by atoms with Crippen molar-refractivity contribution in [3.05, 3.63) is 87.6 Å². The summed E-state index contributed by atoms with van der Waals surface area (Å²) in [4.78, 5) is 23.9. The average Bonchev–Trinajstić information content (AvgIpc) is 3.44. The van der Waals surface area contributed by atoms with Gasteiger partial charge in [0, 0.05) is 42.3 Å². The predicted molar refractivity (Wildman–Crippen MR) is 193 cm³/mol. The molecule has 50 heavy (non-hydrogen) atoms. The number of guanidine groups is 1. The second kappa shape index (κ2) is 17.0. The van der Waals surface area contributed by atoms with Crippen LogP contribution in [0.4, 0.5) is 13.2 Å². The van der Waals surface area contributed by atoms with Crippen LogP contribution in [0.5, 0.6) is 5.75 Å². The molecule has 0 fully saturated rings. The summed E-state index contributed by atoms with van der Waals surface area (Å²) < 4.78 is 42.8. The standard InChI is InChI=1S/C21H29N7O.C15H22F3NO2/c1-21(2,3)17-11-15-13-28(20(29)27-18(15)26-17)16-7-5-14(6-8-16)12-24-9-4-10-25-19(22)23;1-14(2,3)11-6-10(4-5-12(20)9-19)7-13(8-11)21-15(16,17)18/h5-8,11,13,24H,4,9-10,12H2,1-3H3,(H4,22,23,25)(H,26,27,29);6-8,12,20H,4-5,9,19H2,1-3H3/t;12-/m.1/s1. The number of ether oxygens (including phenoxy) is 1. The van der Waals surface area contributed by atoms with Gasteiger partial charge >= 0.3 is 12.1 Å². The molecule has 2 heterocycles. The first-order chi connectivity index (χ1) is 23.2. The Hall–Kier alpha value is -4.40. The van der Waals surface area contributed by atoms with Crippen molar-refractivity contribution in [1.29, 1.82) is 0 Å². The van der Waals surface area contributed by atoms with Crippen molar-refractivity contribution in [2.45, 2.75) is 90.6 Å². The van der Waals surface area contributed by atoms with E-state index < -0.39 is 12.5 Å². The van der Waals surface area contributed by atoms with Crippen LogP contribution in [0, 0.1) is 0 Å². The second-order valence-corrected chi connectivity index (χ2v) is 14.2. The van der Waals surface area contributed by atoms with Crippen LogP contribution in [-0.4, -0.2) is 57.7 Å². The van der Waals surface area contributed by atoms with E-state index in [0.717, 1.165) is 47.4 Å². The Morgan fingerprint density at radius 3 is 2.28 bits per heavy atom. The number of aliphatic hydroxyl groups excluding tert-OH is 1. The minimum absolute atomic E-state index is 0.0352. The SMILES string of the molecule is CC(C)(C)c1cc(CC[C@@H](O)CN)cc(OC(F)(F)F)c1.CC(C)(C)c1cc2cn(-c3ccc(CNCCCN=C(N)N)cc3)c(=O)nc2[nH]1. The van der Waals surface area contributed by atoms with Gasteiger partial charge in [0.25, 0.3) is 0 Å². The van der Waals surface area contributed by atoms with Crippen molar-refractivity contribution >= 4 is 17.0 Å². The second-order valence-electron chi connectivity index (χ2n) is 14.2. The number of rotatable bonds is 12. The highest BCUT2D eigenvalue weighted by Crippen LogP contribution is 2.31. The summed E-state index contributed by atoms with van der Waals surface area (Å²) in [7, 11) is 0. The summed E-state index contributed by atoms with van der Waals surface area (Å²) in [6.07, 6.45) is -1.83. The van der Waals surface area contributed by atoms with Gasteiger partial charge in [-0.05, 0) is 78.2 Å². The van der Waals surface area contributed by atoms with E-state index in [2.05, 4.69) is 51.9 Å². The number of nitrogens with zero attached hydrogens (tertiary/aromatic N) is 3. The summed E-state index contributed by atoms with van der Waals surface area (Å²) in [5.41, 5.74) is 20.3. The molecule has 1 atom stereocenters. The number of hydrogen-bond donors (Lipinski definition) is 6. The van der Waals surface area contributed by atoms with Crippen LogP contribution in [0.15, 0.2) is 64.5 Å². The van der Waals surface area contributed by atoms with Crippen molar-refractivity contribution in [2.75, 3.05) is 19.6 Å². The number of aliphatic imine (C=N–C) groups is 1. The largest absolute Gasteiger partial charge is 0.573 e. The van der Waals surface area contributed by atoms with Gasteiger partial charge in [-0.15, -0.1) is 13.2 Å². The fourth-order valence-electron chi connectivity index (χ4n) is 4.88. The Balaban J connectivity index is 0.000000286. The van der Waals surface area contributed by atoms with E-state index in [0.29, 0.717) is 30.6 Å². The molecule has 2 aromatic heterocycles. The van der Waals surface area contributed by atoms with Crippen LogP contribution in [-0.2, 0) is 23.8 Å². The molecule has 4 aromatic rings. The lowest BCUT2D eigenvalue weighted by Gasteiger charge is -2.22. The fourth-order valence-corrected chi connectivity index (χ4v) is 4.88. The molecule has 11 nitrogen and oxygen atoms in total. The molecule has 274 valence electrons. The van der Waals surface area contributed by atoms with Crippen molar-refractivity contribution in [1.82, 2.24) is 19.9 Å². The minimum Gasteiger partial charge on any atom is -0.406 e. The van der Waals surface area contributed by atoms with Crippen molar-refractivity contribution in [3.8, 4) is 11.4 Å². The maximum Gasteiger partial charge on any atom is 0.573 e.